The first-order valence-corrected chi connectivity index (χ1v) is 12.7. The van der Waals surface area contributed by atoms with Crippen LogP contribution < -0.4 is 4.72 Å². The monoisotopic (exact) mass is 577 g/mol. The molecule has 0 fully saturated rings. The van der Waals surface area contributed by atoms with Gasteiger partial charge in [-0.05, 0) is 6.08 Å². The number of aliphatic hydroxyl groups is 3. The summed E-state index contributed by atoms with van der Waals surface area (Å²) in [6.45, 7) is -1.49. The molecule has 23 heteroatoms. The number of aliphatic hydroxyl groups excluding tert-OH is 3. The minimum absolute atomic E-state index is 0.351. The Kier molecular flexibility index (Phi) is 10.6. The fourth-order valence-electron chi connectivity index (χ4n) is 2.47. The van der Waals surface area contributed by atoms with Gasteiger partial charge in [0.2, 0.25) is 12.0 Å². The number of aldehydes is 1. The molecule has 0 aromatic carbocycles. The number of nitrogens with one attached hydrogen (secondary N) is 1. The summed E-state index contributed by atoms with van der Waals surface area (Å²) < 4.78 is 111. The Bertz CT molecular complexity index is 1110. The van der Waals surface area contributed by atoms with Crippen molar-refractivity contribution in [1.82, 2.24) is 4.72 Å². The Morgan fingerprint density at radius 1 is 1.11 bits per heavy atom. The van der Waals surface area contributed by atoms with Crippen molar-refractivity contribution in [2.24, 2.45) is 0 Å². The standard InChI is InChI=1S/C12H19NO19S3/c14-2-4(13-33(20,21)22)8(17)9(6(16)3-29-34(23,24)25)31-12-10(32-35(26,27)28)5(15)1-7(30-12)11(18)19/h1-2,4-6,8-10,12-13,15-17H,3H2,(H,18,19)(H,20,21,22)(H,23,24,25)(H,26,27,28)/t4-,5-,6+,8-,9+,10-,12-/m0/s1. The third-order valence-corrected chi connectivity index (χ3v) is 5.28. The smallest absolute Gasteiger partial charge is 0.397 e. The molecule has 0 aliphatic carbocycles. The summed E-state index contributed by atoms with van der Waals surface area (Å²) in [6.07, 6.45) is -14.7. The first-order chi connectivity index (χ1) is 15.7. The molecule has 8 N–H and O–H groups in total. The van der Waals surface area contributed by atoms with Crippen LogP contribution in [0.5, 0.6) is 0 Å². The molecule has 0 aromatic heterocycles. The van der Waals surface area contributed by atoms with E-state index in [1.54, 1.807) is 0 Å². The third kappa shape index (κ3) is 10.7. The quantitative estimate of drug-likeness (QED) is 0.0705. The Balaban J connectivity index is 3.43. The highest BCUT2D eigenvalue weighted by atomic mass is 32.3. The molecule has 0 spiro atoms. The molecule has 0 saturated carbocycles. The zero-order valence-corrected chi connectivity index (χ0v) is 19.1. The summed E-state index contributed by atoms with van der Waals surface area (Å²) in [5.41, 5.74) is 0. The van der Waals surface area contributed by atoms with Crippen molar-refractivity contribution in [1.29, 1.82) is 0 Å². The van der Waals surface area contributed by atoms with Crippen LogP contribution >= 0.6 is 0 Å². The van der Waals surface area contributed by atoms with E-state index in [4.69, 9.17) is 28.2 Å². The van der Waals surface area contributed by atoms with Crippen LogP contribution in [-0.2, 0) is 58.5 Å². The van der Waals surface area contributed by atoms with E-state index in [0.29, 0.717) is 6.08 Å². The number of aliphatic carboxylic acids is 1. The molecule has 0 unspecified atom stereocenters. The van der Waals surface area contributed by atoms with Crippen LogP contribution in [0.1, 0.15) is 0 Å². The first kappa shape index (κ1) is 31.2. The number of hydrogen-bond acceptors (Lipinski definition) is 15. The van der Waals surface area contributed by atoms with Crippen LogP contribution in [0.2, 0.25) is 0 Å². The van der Waals surface area contributed by atoms with E-state index in [1.807, 2.05) is 0 Å². The lowest BCUT2D eigenvalue weighted by molar-refractivity contribution is -0.250. The van der Waals surface area contributed by atoms with Gasteiger partial charge in [-0.15, -0.1) is 0 Å². The number of rotatable bonds is 14. The van der Waals surface area contributed by atoms with Gasteiger partial charge < -0.3 is 34.7 Å². The van der Waals surface area contributed by atoms with E-state index in [0.717, 1.165) is 0 Å². The zero-order chi connectivity index (χ0) is 27.4. The Labute approximate surface area is 196 Å². The van der Waals surface area contributed by atoms with Crippen molar-refractivity contribution < 1.29 is 86.8 Å². The van der Waals surface area contributed by atoms with Gasteiger partial charge in [0.25, 0.3) is 0 Å². The Morgan fingerprint density at radius 3 is 2.11 bits per heavy atom. The highest BCUT2D eigenvalue weighted by Gasteiger charge is 2.45. The number of hydrogen-bond donors (Lipinski definition) is 8. The van der Waals surface area contributed by atoms with Crippen molar-refractivity contribution in [3.8, 4) is 0 Å². The van der Waals surface area contributed by atoms with Gasteiger partial charge in [-0.2, -0.15) is 30.0 Å². The summed E-state index contributed by atoms with van der Waals surface area (Å²) >= 11 is 0. The SMILES string of the molecule is O=C[C@H](NS(=O)(=O)O)[C@H](O)[C@H](O[C@@H]1OC(C(=O)O)=C[C@H](O)[C@@H]1OS(=O)(=O)O)[C@H](O)COS(=O)(=O)O. The van der Waals surface area contributed by atoms with E-state index in [1.165, 1.54) is 4.72 Å². The summed E-state index contributed by atoms with van der Waals surface area (Å²) in [5, 5.41) is 39.5. The minimum Gasteiger partial charge on any atom is -0.475 e. The van der Waals surface area contributed by atoms with Crippen LogP contribution in [0, 0.1) is 0 Å². The summed E-state index contributed by atoms with van der Waals surface area (Å²) in [5.74, 6) is -3.01. The summed E-state index contributed by atoms with van der Waals surface area (Å²) in [7, 11) is -15.9. The molecule has 0 aromatic rings. The van der Waals surface area contributed by atoms with Gasteiger partial charge in [0.15, 0.2) is 6.10 Å². The van der Waals surface area contributed by atoms with Gasteiger partial charge in [0, 0.05) is 0 Å². The van der Waals surface area contributed by atoms with Gasteiger partial charge in [0.05, 0.1) is 6.61 Å². The number of carboxylic acid groups (broad SMARTS) is 1. The van der Waals surface area contributed by atoms with Crippen molar-refractivity contribution in [2.45, 2.75) is 42.9 Å². The van der Waals surface area contributed by atoms with Crippen molar-refractivity contribution in [3.63, 3.8) is 0 Å². The normalized spacial score (nSPS) is 25.0. The van der Waals surface area contributed by atoms with E-state index in [9.17, 15) is 50.2 Å². The maximum Gasteiger partial charge on any atom is 0.397 e. The van der Waals surface area contributed by atoms with Gasteiger partial charge in [-0.1, -0.05) is 0 Å². The van der Waals surface area contributed by atoms with E-state index < -0.39 is 92.3 Å². The van der Waals surface area contributed by atoms with Crippen molar-refractivity contribution in [3.05, 3.63) is 11.8 Å². The minimum atomic E-state index is -5.42. The first-order valence-electron chi connectivity index (χ1n) is 8.53. The summed E-state index contributed by atoms with van der Waals surface area (Å²) in [6, 6.07) is -2.38. The second-order valence-corrected chi connectivity index (χ2v) is 9.75. The Hall–Kier alpha value is -1.87. The molecule has 1 aliphatic rings. The largest absolute Gasteiger partial charge is 0.475 e. The van der Waals surface area contributed by atoms with Crippen LogP contribution in [0.25, 0.3) is 0 Å². The van der Waals surface area contributed by atoms with E-state index >= 15 is 0 Å². The second kappa shape index (κ2) is 11.9. The van der Waals surface area contributed by atoms with Crippen molar-refractivity contribution in [2.75, 3.05) is 6.61 Å². The molecular weight excluding hydrogens is 558 g/mol. The molecule has 20 nitrogen and oxygen atoms in total. The maximum atomic E-state index is 11.2. The lowest BCUT2D eigenvalue weighted by Crippen LogP contribution is -2.57. The molecule has 0 amide bonds. The van der Waals surface area contributed by atoms with Crippen LogP contribution in [-0.4, -0.2) is 121 Å². The third-order valence-electron chi connectivity index (χ3n) is 3.81. The fourth-order valence-corrected chi connectivity index (χ4v) is 3.81. The molecule has 1 heterocycles. The lowest BCUT2D eigenvalue weighted by atomic mass is 10.0. The number of carbonyl (C=O) groups is 2. The zero-order valence-electron chi connectivity index (χ0n) is 16.7. The predicted molar refractivity (Wildman–Crippen MR) is 102 cm³/mol. The van der Waals surface area contributed by atoms with Crippen LogP contribution in [0.3, 0.4) is 0 Å². The molecular formula is C12H19NO19S3. The molecule has 7 atom stereocenters. The molecule has 0 radical (unpaired) electrons. The molecule has 1 aliphatic heterocycles. The number of ether oxygens (including phenoxy) is 2. The van der Waals surface area contributed by atoms with Crippen molar-refractivity contribution >= 4 is 43.4 Å². The topological polar surface area (TPSA) is 327 Å². The van der Waals surface area contributed by atoms with Crippen LogP contribution in [0.4, 0.5) is 0 Å². The van der Waals surface area contributed by atoms with Crippen LogP contribution in [0.15, 0.2) is 11.8 Å². The number of carboxylic acids is 1. The molecule has 0 saturated heterocycles. The Morgan fingerprint density at radius 2 is 1.69 bits per heavy atom. The highest BCUT2D eigenvalue weighted by molar-refractivity contribution is 7.83. The predicted octanol–water partition coefficient (Wildman–Crippen LogP) is -5.25. The van der Waals surface area contributed by atoms with Gasteiger partial charge in [-0.25, -0.2) is 13.2 Å². The molecule has 35 heavy (non-hydrogen) atoms. The average molecular weight is 577 g/mol. The second-order valence-electron chi connectivity index (χ2n) is 6.43. The van der Waals surface area contributed by atoms with Gasteiger partial charge >= 0.3 is 37.1 Å². The maximum absolute atomic E-state index is 11.2. The van der Waals surface area contributed by atoms with Gasteiger partial charge in [-0.3, -0.25) is 13.7 Å². The molecule has 204 valence electrons. The van der Waals surface area contributed by atoms with E-state index in [2.05, 4.69) is 8.37 Å². The molecule has 1 rings (SSSR count). The average Bonchev–Trinajstić information content (AvgIpc) is 2.67. The molecule has 0 bridgehead atoms. The lowest BCUT2D eigenvalue weighted by Gasteiger charge is -2.37. The fraction of sp³-hybridized carbons (Fsp3) is 0.667. The van der Waals surface area contributed by atoms with E-state index in [-0.39, 0.29) is 6.29 Å². The highest BCUT2D eigenvalue weighted by Crippen LogP contribution is 2.26. The summed E-state index contributed by atoms with van der Waals surface area (Å²) in [4.78, 5) is 22.4. The number of carbonyl (C=O) groups excluding carboxylic acids is 1. The van der Waals surface area contributed by atoms with Gasteiger partial charge in [0.1, 0.15) is 36.7 Å².